The van der Waals surface area contributed by atoms with Gasteiger partial charge in [-0.2, -0.15) is 0 Å². The highest BCUT2D eigenvalue weighted by Crippen LogP contribution is 2.27. The number of aliphatic hydroxyl groups is 1. The van der Waals surface area contributed by atoms with Crippen molar-refractivity contribution < 1.29 is 19.3 Å². The molecule has 142 valence electrons. The van der Waals surface area contributed by atoms with Gasteiger partial charge in [-0.1, -0.05) is 18.2 Å². The maximum absolute atomic E-state index is 9.21. The van der Waals surface area contributed by atoms with E-state index in [2.05, 4.69) is 0 Å². The van der Waals surface area contributed by atoms with E-state index in [9.17, 15) is 5.11 Å². The summed E-state index contributed by atoms with van der Waals surface area (Å²) in [5, 5.41) is 9.21. The molecule has 0 saturated carbocycles. The van der Waals surface area contributed by atoms with Crippen LogP contribution in [0.4, 0.5) is 0 Å². The van der Waals surface area contributed by atoms with Gasteiger partial charge < -0.3 is 25.1 Å². The van der Waals surface area contributed by atoms with Crippen molar-refractivity contribution in [2.24, 2.45) is 5.73 Å². The van der Waals surface area contributed by atoms with E-state index in [1.165, 1.54) is 5.56 Å². The van der Waals surface area contributed by atoms with Crippen molar-refractivity contribution in [3.05, 3.63) is 53.6 Å². The molecule has 0 bridgehead atoms. The minimum atomic E-state index is -0.533. The third-order valence-corrected chi connectivity index (χ3v) is 4.38. The highest BCUT2D eigenvalue weighted by Gasteiger charge is 2.16. The standard InChI is InChI=1S/C21H29NO4/c1-21(22,15-23)12-10-16-4-7-18(8-5-16)26-13-11-17-6-9-19(24-2)20(14-17)25-3/h4-9,14,23H,10-13,15,22H2,1-3H3/t21-/m1/s1. The average Bonchev–Trinajstić information content (AvgIpc) is 2.67. The van der Waals surface area contributed by atoms with Crippen LogP contribution in [0, 0.1) is 0 Å². The lowest BCUT2D eigenvalue weighted by atomic mass is 9.95. The Kier molecular flexibility index (Phi) is 7.30. The molecule has 1 atom stereocenters. The van der Waals surface area contributed by atoms with Crippen LogP contribution in [0.3, 0.4) is 0 Å². The molecule has 0 spiro atoms. The Bertz CT molecular complexity index is 683. The normalized spacial score (nSPS) is 13.1. The average molecular weight is 359 g/mol. The molecule has 5 heteroatoms. The Morgan fingerprint density at radius 2 is 1.58 bits per heavy atom. The van der Waals surface area contributed by atoms with Gasteiger partial charge in [-0.05, 0) is 55.2 Å². The molecule has 0 aromatic heterocycles. The quantitative estimate of drug-likeness (QED) is 0.682. The maximum Gasteiger partial charge on any atom is 0.160 e. The van der Waals surface area contributed by atoms with Crippen molar-refractivity contribution in [3.63, 3.8) is 0 Å². The first-order chi connectivity index (χ1) is 12.5. The Balaban J connectivity index is 1.83. The van der Waals surface area contributed by atoms with Crippen molar-refractivity contribution in [2.75, 3.05) is 27.4 Å². The zero-order valence-electron chi connectivity index (χ0n) is 15.8. The van der Waals surface area contributed by atoms with Crippen molar-refractivity contribution in [1.29, 1.82) is 0 Å². The minimum Gasteiger partial charge on any atom is -0.493 e. The Labute approximate surface area is 155 Å². The second-order valence-electron chi connectivity index (χ2n) is 6.74. The summed E-state index contributed by atoms with van der Waals surface area (Å²) in [4.78, 5) is 0. The summed E-state index contributed by atoms with van der Waals surface area (Å²) in [6.07, 6.45) is 2.35. The number of nitrogens with two attached hydrogens (primary N) is 1. The summed E-state index contributed by atoms with van der Waals surface area (Å²) in [6, 6.07) is 13.9. The smallest absolute Gasteiger partial charge is 0.160 e. The first kappa shape index (κ1) is 20.1. The van der Waals surface area contributed by atoms with E-state index >= 15 is 0 Å². The second kappa shape index (κ2) is 9.46. The highest BCUT2D eigenvalue weighted by molar-refractivity contribution is 5.43. The van der Waals surface area contributed by atoms with Crippen LogP contribution in [0.2, 0.25) is 0 Å². The van der Waals surface area contributed by atoms with Crippen molar-refractivity contribution in [2.45, 2.75) is 31.7 Å². The van der Waals surface area contributed by atoms with Crippen LogP contribution in [0.1, 0.15) is 24.5 Å². The van der Waals surface area contributed by atoms with Crippen molar-refractivity contribution in [1.82, 2.24) is 0 Å². The summed E-state index contributed by atoms with van der Waals surface area (Å²) in [5.74, 6) is 2.29. The predicted octanol–water partition coefficient (Wildman–Crippen LogP) is 2.97. The lowest BCUT2D eigenvalue weighted by molar-refractivity contribution is 0.200. The van der Waals surface area contributed by atoms with Gasteiger partial charge in [0, 0.05) is 12.0 Å². The molecule has 3 N–H and O–H groups in total. The summed E-state index contributed by atoms with van der Waals surface area (Å²) in [5.41, 5.74) is 7.74. The monoisotopic (exact) mass is 359 g/mol. The number of ether oxygens (including phenoxy) is 3. The number of rotatable bonds is 10. The molecule has 2 aromatic rings. The van der Waals surface area contributed by atoms with Crippen LogP contribution in [0.5, 0.6) is 17.2 Å². The van der Waals surface area contributed by atoms with E-state index in [0.717, 1.165) is 42.1 Å². The van der Waals surface area contributed by atoms with Gasteiger partial charge in [0.15, 0.2) is 11.5 Å². The van der Waals surface area contributed by atoms with E-state index in [4.69, 9.17) is 19.9 Å². The summed E-state index contributed by atoms with van der Waals surface area (Å²) < 4.78 is 16.4. The summed E-state index contributed by atoms with van der Waals surface area (Å²) in [7, 11) is 3.26. The Morgan fingerprint density at radius 3 is 2.19 bits per heavy atom. The molecule has 26 heavy (non-hydrogen) atoms. The van der Waals surface area contributed by atoms with Crippen LogP contribution in [-0.4, -0.2) is 38.1 Å². The van der Waals surface area contributed by atoms with Gasteiger partial charge in [0.25, 0.3) is 0 Å². The van der Waals surface area contributed by atoms with Gasteiger partial charge in [-0.25, -0.2) is 0 Å². The van der Waals surface area contributed by atoms with Gasteiger partial charge >= 0.3 is 0 Å². The summed E-state index contributed by atoms with van der Waals surface area (Å²) >= 11 is 0. The lowest BCUT2D eigenvalue weighted by Crippen LogP contribution is -2.40. The molecule has 0 aliphatic rings. The van der Waals surface area contributed by atoms with Crippen molar-refractivity contribution in [3.8, 4) is 17.2 Å². The number of benzene rings is 2. The van der Waals surface area contributed by atoms with Gasteiger partial charge in [0.1, 0.15) is 5.75 Å². The van der Waals surface area contributed by atoms with Crippen LogP contribution in [-0.2, 0) is 12.8 Å². The van der Waals surface area contributed by atoms with Crippen LogP contribution >= 0.6 is 0 Å². The van der Waals surface area contributed by atoms with E-state index in [0.29, 0.717) is 6.61 Å². The van der Waals surface area contributed by atoms with Crippen LogP contribution in [0.15, 0.2) is 42.5 Å². The molecule has 0 radical (unpaired) electrons. The fraction of sp³-hybridized carbons (Fsp3) is 0.429. The van der Waals surface area contributed by atoms with Gasteiger partial charge in [-0.3, -0.25) is 0 Å². The third-order valence-electron chi connectivity index (χ3n) is 4.38. The third kappa shape index (κ3) is 5.93. The highest BCUT2D eigenvalue weighted by atomic mass is 16.5. The minimum absolute atomic E-state index is 0.00958. The molecule has 0 saturated heterocycles. The number of methoxy groups -OCH3 is 2. The second-order valence-corrected chi connectivity index (χ2v) is 6.74. The molecule has 0 aliphatic heterocycles. The first-order valence-electron chi connectivity index (χ1n) is 8.80. The Morgan fingerprint density at radius 1 is 0.923 bits per heavy atom. The van der Waals surface area contributed by atoms with E-state index in [-0.39, 0.29) is 6.61 Å². The lowest BCUT2D eigenvalue weighted by Gasteiger charge is -2.21. The molecule has 2 aromatic carbocycles. The van der Waals surface area contributed by atoms with Crippen LogP contribution in [0.25, 0.3) is 0 Å². The van der Waals surface area contributed by atoms with Gasteiger partial charge in [0.05, 0.1) is 27.4 Å². The van der Waals surface area contributed by atoms with Gasteiger partial charge in [-0.15, -0.1) is 0 Å². The first-order valence-corrected chi connectivity index (χ1v) is 8.80. The van der Waals surface area contributed by atoms with Crippen molar-refractivity contribution >= 4 is 0 Å². The molecule has 2 rings (SSSR count). The molecule has 5 nitrogen and oxygen atoms in total. The SMILES string of the molecule is COc1ccc(CCOc2ccc(CC[C@@](C)(N)CO)cc2)cc1OC. The predicted molar refractivity (Wildman–Crippen MR) is 103 cm³/mol. The zero-order chi connectivity index (χ0) is 19.0. The Hall–Kier alpha value is -2.24. The van der Waals surface area contributed by atoms with Gasteiger partial charge in [0.2, 0.25) is 0 Å². The van der Waals surface area contributed by atoms with Crippen LogP contribution < -0.4 is 19.9 Å². The molecule has 0 unspecified atom stereocenters. The fourth-order valence-electron chi connectivity index (χ4n) is 2.58. The molecule has 0 amide bonds. The number of hydrogen-bond donors (Lipinski definition) is 2. The molecular weight excluding hydrogens is 330 g/mol. The largest absolute Gasteiger partial charge is 0.493 e. The molecular formula is C21H29NO4. The molecule has 0 heterocycles. The summed E-state index contributed by atoms with van der Waals surface area (Å²) in [6.45, 7) is 2.43. The zero-order valence-corrected chi connectivity index (χ0v) is 15.8. The molecule has 0 fully saturated rings. The topological polar surface area (TPSA) is 73.9 Å². The number of aryl methyl sites for hydroxylation is 1. The van der Waals surface area contributed by atoms with E-state index in [1.54, 1.807) is 14.2 Å². The van der Waals surface area contributed by atoms with E-state index in [1.807, 2.05) is 49.4 Å². The maximum atomic E-state index is 9.21. The number of hydrogen-bond acceptors (Lipinski definition) is 5. The molecule has 0 aliphatic carbocycles. The van der Waals surface area contributed by atoms with E-state index < -0.39 is 5.54 Å². The number of aliphatic hydroxyl groups excluding tert-OH is 1. The fourth-order valence-corrected chi connectivity index (χ4v) is 2.58.